The van der Waals surface area contributed by atoms with Gasteiger partial charge in [-0.1, -0.05) is 66.2 Å². The highest BCUT2D eigenvalue weighted by Crippen LogP contribution is 2.39. The summed E-state index contributed by atoms with van der Waals surface area (Å²) in [6.45, 7) is 0. The number of hydrogen-bond donors (Lipinski definition) is 0. The van der Waals surface area contributed by atoms with Crippen LogP contribution in [-0.4, -0.2) is 5.78 Å². The Bertz CT molecular complexity index is 961. The smallest absolute Gasteiger partial charge is 0.196 e. The molecule has 0 N–H and O–H groups in total. The van der Waals surface area contributed by atoms with Gasteiger partial charge >= 0.3 is 0 Å². The summed E-state index contributed by atoms with van der Waals surface area (Å²) in [6.07, 6.45) is 1.42. The summed E-state index contributed by atoms with van der Waals surface area (Å²) in [5, 5.41) is 0.634. The molecule has 0 saturated carbocycles. The molecule has 0 aliphatic carbocycles. The second-order valence-electron chi connectivity index (χ2n) is 5.89. The average molecular weight is 347 g/mol. The lowest BCUT2D eigenvalue weighted by Gasteiger charge is -2.28. The van der Waals surface area contributed by atoms with Crippen molar-refractivity contribution < 1.29 is 9.53 Å². The molecule has 0 spiro atoms. The number of para-hydroxylation sites is 1. The largest absolute Gasteiger partial charge is 0.480 e. The summed E-state index contributed by atoms with van der Waals surface area (Å²) in [5.41, 5.74) is 3.01. The van der Waals surface area contributed by atoms with Crippen molar-refractivity contribution in [3.8, 4) is 5.75 Å². The van der Waals surface area contributed by atoms with Crippen LogP contribution in [0.4, 0.5) is 0 Å². The molecule has 0 fully saturated rings. The standard InChI is InChI=1S/C22H15ClO2/c23-17-10-6-7-15(13-17)14-19-21(24)18-11-4-5-12-20(18)25-22(19)16-8-2-1-3-9-16/h1-14,22H. The fourth-order valence-electron chi connectivity index (χ4n) is 3.01. The van der Waals surface area contributed by atoms with E-state index < -0.39 is 6.10 Å². The third kappa shape index (κ3) is 3.09. The molecule has 25 heavy (non-hydrogen) atoms. The predicted octanol–water partition coefficient (Wildman–Crippen LogP) is 5.74. The Balaban J connectivity index is 1.87. The van der Waals surface area contributed by atoms with Crippen molar-refractivity contribution in [2.75, 3.05) is 0 Å². The molecule has 0 aromatic heterocycles. The van der Waals surface area contributed by atoms with Gasteiger partial charge in [0.1, 0.15) is 5.75 Å². The van der Waals surface area contributed by atoms with E-state index in [0.29, 0.717) is 21.9 Å². The van der Waals surface area contributed by atoms with Crippen molar-refractivity contribution >= 4 is 23.5 Å². The summed E-state index contributed by atoms with van der Waals surface area (Å²) in [6, 6.07) is 24.6. The lowest BCUT2D eigenvalue weighted by Crippen LogP contribution is -2.23. The van der Waals surface area contributed by atoms with Crippen LogP contribution in [0.3, 0.4) is 0 Å². The van der Waals surface area contributed by atoms with Gasteiger partial charge in [0, 0.05) is 10.6 Å². The average Bonchev–Trinajstić information content (AvgIpc) is 2.65. The first kappa shape index (κ1) is 15.7. The normalized spacial score (nSPS) is 17.9. The molecule has 1 unspecified atom stereocenters. The molecule has 4 rings (SSSR count). The summed E-state index contributed by atoms with van der Waals surface area (Å²) < 4.78 is 6.18. The molecule has 0 amide bonds. The Morgan fingerprint density at radius 2 is 1.64 bits per heavy atom. The first-order valence-corrected chi connectivity index (χ1v) is 8.42. The van der Waals surface area contributed by atoms with Gasteiger partial charge < -0.3 is 4.74 Å². The van der Waals surface area contributed by atoms with Crippen LogP contribution >= 0.6 is 11.6 Å². The van der Waals surface area contributed by atoms with Crippen LogP contribution in [0.15, 0.2) is 84.4 Å². The van der Waals surface area contributed by atoms with Gasteiger partial charge in [0.05, 0.1) is 5.56 Å². The van der Waals surface area contributed by atoms with Gasteiger partial charge in [0.2, 0.25) is 0 Å². The first-order chi connectivity index (χ1) is 12.2. The van der Waals surface area contributed by atoms with Crippen molar-refractivity contribution in [2.24, 2.45) is 0 Å². The maximum absolute atomic E-state index is 13.1. The molecule has 1 aliphatic rings. The number of carbonyl (C=O) groups excluding carboxylic acids is 1. The summed E-state index contributed by atoms with van der Waals surface area (Å²) in [7, 11) is 0. The number of ether oxygens (including phenoxy) is 1. The maximum Gasteiger partial charge on any atom is 0.196 e. The van der Waals surface area contributed by atoms with Gasteiger partial charge in [-0.05, 0) is 41.5 Å². The lowest BCUT2D eigenvalue weighted by molar-refractivity contribution is 0.0963. The second kappa shape index (κ2) is 6.58. The molecular weight excluding hydrogens is 332 g/mol. The van der Waals surface area contributed by atoms with Crippen LogP contribution in [0.5, 0.6) is 5.75 Å². The summed E-state index contributed by atoms with van der Waals surface area (Å²) >= 11 is 6.09. The Morgan fingerprint density at radius 3 is 2.44 bits per heavy atom. The minimum absolute atomic E-state index is 0.0179. The molecule has 2 nitrogen and oxygen atoms in total. The van der Waals surface area contributed by atoms with E-state index in [1.54, 1.807) is 6.07 Å². The molecule has 0 radical (unpaired) electrons. The minimum atomic E-state index is -0.442. The molecule has 3 heteroatoms. The lowest BCUT2D eigenvalue weighted by atomic mass is 9.89. The number of halogens is 1. The van der Waals surface area contributed by atoms with Crippen molar-refractivity contribution in [1.82, 2.24) is 0 Å². The van der Waals surface area contributed by atoms with Crippen molar-refractivity contribution in [3.05, 3.63) is 106 Å². The Hall–Kier alpha value is -2.84. The molecule has 0 bridgehead atoms. The number of carbonyl (C=O) groups is 1. The van der Waals surface area contributed by atoms with Crippen molar-refractivity contribution in [3.63, 3.8) is 0 Å². The minimum Gasteiger partial charge on any atom is -0.480 e. The third-order valence-corrected chi connectivity index (χ3v) is 4.43. The third-order valence-electron chi connectivity index (χ3n) is 4.19. The Morgan fingerprint density at radius 1 is 0.880 bits per heavy atom. The zero-order valence-electron chi connectivity index (χ0n) is 13.4. The number of ketones is 1. The highest BCUT2D eigenvalue weighted by atomic mass is 35.5. The van der Waals surface area contributed by atoms with Gasteiger partial charge in [0.15, 0.2) is 11.9 Å². The van der Waals surface area contributed by atoms with E-state index in [1.165, 1.54) is 0 Å². The highest BCUT2D eigenvalue weighted by molar-refractivity contribution is 6.30. The number of hydrogen-bond acceptors (Lipinski definition) is 2. The Kier molecular flexibility index (Phi) is 4.12. The maximum atomic E-state index is 13.1. The predicted molar refractivity (Wildman–Crippen MR) is 100 cm³/mol. The molecule has 0 saturated heterocycles. The molecule has 3 aromatic rings. The monoisotopic (exact) mass is 346 g/mol. The molecule has 1 atom stereocenters. The van der Waals surface area contributed by atoms with Crippen LogP contribution in [-0.2, 0) is 0 Å². The second-order valence-corrected chi connectivity index (χ2v) is 6.32. The number of Topliss-reactive ketones (excluding diaryl/α,β-unsaturated/α-hetero) is 1. The SMILES string of the molecule is O=C1C(=Cc2cccc(Cl)c2)C(c2ccccc2)Oc2ccccc21. The Labute approximate surface area is 151 Å². The van der Waals surface area contributed by atoms with Crippen molar-refractivity contribution in [2.45, 2.75) is 6.10 Å². The van der Waals surface area contributed by atoms with E-state index in [-0.39, 0.29) is 5.78 Å². The van der Waals surface area contributed by atoms with Crippen LogP contribution in [0.2, 0.25) is 5.02 Å². The molecular formula is C22H15ClO2. The van der Waals surface area contributed by atoms with Crippen LogP contribution in [0.25, 0.3) is 6.08 Å². The van der Waals surface area contributed by atoms with Crippen LogP contribution in [0, 0.1) is 0 Å². The van der Waals surface area contributed by atoms with Gasteiger partial charge in [0.25, 0.3) is 0 Å². The molecule has 122 valence electrons. The highest BCUT2D eigenvalue weighted by Gasteiger charge is 2.32. The van der Waals surface area contributed by atoms with E-state index in [0.717, 1.165) is 11.1 Å². The van der Waals surface area contributed by atoms with E-state index in [1.807, 2.05) is 78.9 Å². The van der Waals surface area contributed by atoms with Gasteiger partial charge in [-0.15, -0.1) is 0 Å². The van der Waals surface area contributed by atoms with Crippen LogP contribution < -0.4 is 4.74 Å². The van der Waals surface area contributed by atoms with E-state index in [4.69, 9.17) is 16.3 Å². The fourth-order valence-corrected chi connectivity index (χ4v) is 3.21. The van der Waals surface area contributed by atoms with Gasteiger partial charge in [-0.2, -0.15) is 0 Å². The number of fused-ring (bicyclic) bond motifs is 1. The molecule has 1 heterocycles. The molecule has 3 aromatic carbocycles. The summed E-state index contributed by atoms with van der Waals surface area (Å²) in [5.74, 6) is 0.597. The molecule has 1 aliphatic heterocycles. The van der Waals surface area contributed by atoms with E-state index in [9.17, 15) is 4.79 Å². The topological polar surface area (TPSA) is 26.3 Å². The summed E-state index contributed by atoms with van der Waals surface area (Å²) in [4.78, 5) is 13.1. The quantitative estimate of drug-likeness (QED) is 0.553. The zero-order chi connectivity index (χ0) is 17.2. The first-order valence-electron chi connectivity index (χ1n) is 8.05. The van der Waals surface area contributed by atoms with E-state index in [2.05, 4.69) is 0 Å². The van der Waals surface area contributed by atoms with Gasteiger partial charge in [-0.25, -0.2) is 0 Å². The van der Waals surface area contributed by atoms with E-state index >= 15 is 0 Å². The number of rotatable bonds is 2. The van der Waals surface area contributed by atoms with Crippen LogP contribution in [0.1, 0.15) is 27.6 Å². The zero-order valence-corrected chi connectivity index (χ0v) is 14.1. The number of benzene rings is 3. The van der Waals surface area contributed by atoms with Gasteiger partial charge in [-0.3, -0.25) is 4.79 Å². The fraction of sp³-hybridized carbons (Fsp3) is 0.0455. The van der Waals surface area contributed by atoms with Crippen molar-refractivity contribution in [1.29, 1.82) is 0 Å².